The third-order valence-electron chi connectivity index (χ3n) is 2.66. The fourth-order valence-corrected chi connectivity index (χ4v) is 2.00. The van der Waals surface area contributed by atoms with Crippen LogP contribution >= 0.6 is 15.9 Å². The van der Waals surface area contributed by atoms with Crippen LogP contribution in [0.4, 0.5) is 5.82 Å². The lowest BCUT2D eigenvalue weighted by molar-refractivity contribution is 0.0720. The summed E-state index contributed by atoms with van der Waals surface area (Å²) in [4.78, 5) is 18.1. The van der Waals surface area contributed by atoms with E-state index in [9.17, 15) is 4.79 Å². The Morgan fingerprint density at radius 2 is 2.32 bits per heavy atom. The van der Waals surface area contributed by atoms with Crippen molar-refractivity contribution in [1.29, 1.82) is 0 Å². The topological polar surface area (TPSA) is 91.5 Å². The van der Waals surface area contributed by atoms with Gasteiger partial charge in [-0.3, -0.25) is 4.79 Å². The summed E-state index contributed by atoms with van der Waals surface area (Å²) < 4.78 is 0.703. The Morgan fingerprint density at radius 3 is 2.89 bits per heavy atom. The predicted octanol–water partition coefficient (Wildman–Crippen LogP) is 1.36. The minimum absolute atomic E-state index is 0.0672. The summed E-state index contributed by atoms with van der Waals surface area (Å²) in [6.45, 7) is 2.89. The van der Waals surface area contributed by atoms with E-state index in [1.54, 1.807) is 17.2 Å². The molecule has 1 rings (SSSR count). The molecule has 0 atom stereocenters. The molecule has 6 nitrogen and oxygen atoms in total. The van der Waals surface area contributed by atoms with Gasteiger partial charge in [0.05, 0.1) is 12.2 Å². The lowest BCUT2D eigenvalue weighted by Gasteiger charge is -2.22. The van der Waals surface area contributed by atoms with Gasteiger partial charge in [-0.15, -0.1) is 0 Å². The summed E-state index contributed by atoms with van der Waals surface area (Å²) >= 11 is 3.28. The molecule has 7 heteroatoms. The van der Waals surface area contributed by atoms with Crippen LogP contribution in [0, 0.1) is 0 Å². The molecular formula is C12H19BrN4O2. The Balaban J connectivity index is 2.97. The Kier molecular flexibility index (Phi) is 6.75. The third kappa shape index (κ3) is 4.45. The van der Waals surface area contributed by atoms with Gasteiger partial charge in [-0.2, -0.15) is 0 Å². The Labute approximate surface area is 121 Å². The van der Waals surface area contributed by atoms with E-state index in [-0.39, 0.29) is 12.5 Å². The van der Waals surface area contributed by atoms with E-state index in [1.165, 1.54) is 0 Å². The predicted molar refractivity (Wildman–Crippen MR) is 77.6 cm³/mol. The van der Waals surface area contributed by atoms with Crippen LogP contribution < -0.4 is 11.3 Å². The van der Waals surface area contributed by atoms with Crippen molar-refractivity contribution in [2.24, 2.45) is 5.84 Å². The number of unbranched alkanes of at least 4 members (excludes halogenated alkanes) is 1. The molecule has 0 spiro atoms. The van der Waals surface area contributed by atoms with Crippen molar-refractivity contribution in [3.8, 4) is 0 Å². The highest BCUT2D eigenvalue weighted by Crippen LogP contribution is 2.19. The van der Waals surface area contributed by atoms with Crippen molar-refractivity contribution in [2.75, 3.05) is 25.1 Å². The number of aromatic nitrogens is 1. The summed E-state index contributed by atoms with van der Waals surface area (Å²) in [5.41, 5.74) is 2.81. The van der Waals surface area contributed by atoms with Crippen LogP contribution in [-0.4, -0.2) is 40.6 Å². The molecule has 1 heterocycles. The minimum Gasteiger partial charge on any atom is -0.395 e. The number of nitrogens with one attached hydrogen (secondary N) is 1. The number of anilines is 1. The van der Waals surface area contributed by atoms with Gasteiger partial charge in [0.25, 0.3) is 5.91 Å². The Bertz CT molecular complexity index is 428. The number of hydrogen-bond acceptors (Lipinski definition) is 5. The van der Waals surface area contributed by atoms with Crippen molar-refractivity contribution < 1.29 is 9.90 Å². The highest BCUT2D eigenvalue weighted by molar-refractivity contribution is 9.10. The number of amides is 1. The molecule has 0 radical (unpaired) electrons. The number of carbonyl (C=O) groups excluding carboxylic acids is 1. The van der Waals surface area contributed by atoms with E-state index in [2.05, 4.69) is 33.3 Å². The van der Waals surface area contributed by atoms with Gasteiger partial charge < -0.3 is 15.4 Å². The zero-order valence-corrected chi connectivity index (χ0v) is 12.5. The molecule has 0 saturated heterocycles. The summed E-state index contributed by atoms with van der Waals surface area (Å²) in [6.07, 6.45) is 3.43. The SMILES string of the molecule is CCCCN(CCO)C(=O)c1cc(Br)cnc1NN. The van der Waals surface area contributed by atoms with Gasteiger partial charge in [0.15, 0.2) is 5.82 Å². The van der Waals surface area contributed by atoms with Crippen molar-refractivity contribution in [3.63, 3.8) is 0 Å². The quantitative estimate of drug-likeness (QED) is 0.518. The third-order valence-corrected chi connectivity index (χ3v) is 3.09. The molecule has 0 bridgehead atoms. The van der Waals surface area contributed by atoms with Crippen LogP contribution in [0.3, 0.4) is 0 Å². The number of nitrogens with two attached hydrogens (primary N) is 1. The largest absolute Gasteiger partial charge is 0.395 e. The first-order valence-electron chi connectivity index (χ1n) is 6.16. The zero-order valence-electron chi connectivity index (χ0n) is 10.9. The van der Waals surface area contributed by atoms with E-state index >= 15 is 0 Å². The summed E-state index contributed by atoms with van der Waals surface area (Å²) in [5, 5.41) is 9.05. The highest BCUT2D eigenvalue weighted by atomic mass is 79.9. The highest BCUT2D eigenvalue weighted by Gasteiger charge is 2.19. The Morgan fingerprint density at radius 1 is 1.58 bits per heavy atom. The number of rotatable bonds is 7. The van der Waals surface area contributed by atoms with Crippen LogP contribution in [0.2, 0.25) is 0 Å². The second-order valence-corrected chi connectivity index (χ2v) is 4.98. The van der Waals surface area contributed by atoms with Gasteiger partial charge in [-0.05, 0) is 28.4 Å². The van der Waals surface area contributed by atoms with Gasteiger partial charge in [0.2, 0.25) is 0 Å². The van der Waals surface area contributed by atoms with E-state index in [4.69, 9.17) is 10.9 Å². The van der Waals surface area contributed by atoms with Crippen LogP contribution in [0.5, 0.6) is 0 Å². The van der Waals surface area contributed by atoms with Crippen molar-refractivity contribution in [2.45, 2.75) is 19.8 Å². The molecule has 0 fully saturated rings. The number of hydrazine groups is 1. The average Bonchev–Trinajstić information content (AvgIpc) is 2.42. The maximum Gasteiger partial charge on any atom is 0.257 e. The number of halogens is 1. The fourth-order valence-electron chi connectivity index (χ4n) is 1.67. The maximum atomic E-state index is 12.4. The van der Waals surface area contributed by atoms with Crippen LogP contribution in [0.1, 0.15) is 30.1 Å². The number of nitrogen functional groups attached to an aromatic ring is 1. The first-order valence-corrected chi connectivity index (χ1v) is 6.95. The molecule has 0 aliphatic heterocycles. The van der Waals surface area contributed by atoms with E-state index < -0.39 is 0 Å². The number of hydrogen-bond donors (Lipinski definition) is 3. The summed E-state index contributed by atoms with van der Waals surface area (Å²) in [6, 6.07) is 1.67. The molecule has 0 aliphatic carbocycles. The van der Waals surface area contributed by atoms with Crippen LogP contribution in [0.25, 0.3) is 0 Å². The summed E-state index contributed by atoms with van der Waals surface area (Å²) in [5.74, 6) is 5.50. The van der Waals surface area contributed by atoms with E-state index in [0.29, 0.717) is 28.9 Å². The van der Waals surface area contributed by atoms with Gasteiger partial charge in [-0.1, -0.05) is 13.3 Å². The van der Waals surface area contributed by atoms with Crippen molar-refractivity contribution in [1.82, 2.24) is 9.88 Å². The molecule has 4 N–H and O–H groups in total. The normalized spacial score (nSPS) is 10.3. The molecule has 0 aromatic carbocycles. The van der Waals surface area contributed by atoms with Gasteiger partial charge in [0, 0.05) is 23.8 Å². The molecule has 19 heavy (non-hydrogen) atoms. The summed E-state index contributed by atoms with van der Waals surface area (Å²) in [7, 11) is 0. The Hall–Kier alpha value is -1.18. The number of aliphatic hydroxyl groups is 1. The van der Waals surface area contributed by atoms with Gasteiger partial charge >= 0.3 is 0 Å². The van der Waals surface area contributed by atoms with E-state index in [0.717, 1.165) is 12.8 Å². The standard InChI is InChI=1S/C12H19BrN4O2/c1-2-3-4-17(5-6-18)12(19)10-7-9(13)8-15-11(10)16-14/h7-8,18H,2-6,14H2,1H3,(H,15,16). The molecule has 1 aromatic rings. The molecule has 0 saturated carbocycles. The number of aliphatic hydroxyl groups excluding tert-OH is 1. The molecule has 106 valence electrons. The molecule has 0 aliphatic rings. The van der Waals surface area contributed by atoms with Gasteiger partial charge in [0.1, 0.15) is 0 Å². The number of nitrogens with zero attached hydrogens (tertiary/aromatic N) is 2. The minimum atomic E-state index is -0.191. The number of carbonyl (C=O) groups is 1. The fraction of sp³-hybridized carbons (Fsp3) is 0.500. The first kappa shape index (κ1) is 15.9. The van der Waals surface area contributed by atoms with E-state index in [1.807, 2.05) is 0 Å². The first-order chi connectivity index (χ1) is 9.13. The zero-order chi connectivity index (χ0) is 14.3. The second kappa shape index (κ2) is 8.08. The lowest BCUT2D eigenvalue weighted by atomic mass is 10.2. The molecular weight excluding hydrogens is 312 g/mol. The van der Waals surface area contributed by atoms with Crippen LogP contribution in [-0.2, 0) is 0 Å². The molecule has 0 unspecified atom stereocenters. The van der Waals surface area contributed by atoms with Crippen LogP contribution in [0.15, 0.2) is 16.7 Å². The lowest BCUT2D eigenvalue weighted by Crippen LogP contribution is -2.35. The molecule has 1 amide bonds. The van der Waals surface area contributed by atoms with Gasteiger partial charge in [-0.25, -0.2) is 10.8 Å². The van der Waals surface area contributed by atoms with Crippen molar-refractivity contribution in [3.05, 3.63) is 22.3 Å². The smallest absolute Gasteiger partial charge is 0.257 e. The maximum absolute atomic E-state index is 12.4. The number of pyridine rings is 1. The second-order valence-electron chi connectivity index (χ2n) is 4.06. The molecule has 1 aromatic heterocycles. The van der Waals surface area contributed by atoms with Crippen molar-refractivity contribution >= 4 is 27.7 Å². The average molecular weight is 331 g/mol. The monoisotopic (exact) mass is 330 g/mol.